The van der Waals surface area contributed by atoms with E-state index in [1.54, 1.807) is 26.4 Å². The van der Waals surface area contributed by atoms with Crippen molar-refractivity contribution in [3.05, 3.63) is 18.2 Å². The zero-order chi connectivity index (χ0) is 16.9. The second kappa shape index (κ2) is 9.32. The molecule has 0 aromatic heterocycles. The average Bonchev–Trinajstić information content (AvgIpc) is 2.54. The summed E-state index contributed by atoms with van der Waals surface area (Å²) < 4.78 is 21.8. The molecule has 0 spiro atoms. The molecule has 1 aliphatic heterocycles. The molecule has 0 amide bonds. The van der Waals surface area contributed by atoms with Crippen molar-refractivity contribution in [2.45, 2.75) is 25.5 Å². The molecule has 6 nitrogen and oxygen atoms in total. The lowest BCUT2D eigenvalue weighted by molar-refractivity contribution is -0.0704. The predicted octanol–water partition coefficient (Wildman–Crippen LogP) is 1.98. The summed E-state index contributed by atoms with van der Waals surface area (Å²) in [5.74, 6) is 1.68. The highest BCUT2D eigenvalue weighted by Gasteiger charge is 2.31. The van der Waals surface area contributed by atoms with Gasteiger partial charge >= 0.3 is 0 Å². The molecule has 1 fully saturated rings. The number of aliphatic hydroxyl groups is 1. The third kappa shape index (κ3) is 5.14. The van der Waals surface area contributed by atoms with Gasteiger partial charge in [0.1, 0.15) is 12.7 Å². The summed E-state index contributed by atoms with van der Waals surface area (Å²) in [6.45, 7) is 7.10. The van der Waals surface area contributed by atoms with E-state index in [9.17, 15) is 5.11 Å². The van der Waals surface area contributed by atoms with Crippen molar-refractivity contribution < 1.29 is 24.1 Å². The van der Waals surface area contributed by atoms with Crippen LogP contribution in [0.15, 0.2) is 18.2 Å². The number of β-amino-alcohol motifs (C(OH)–C–C–N with tert-alkyl or cyclic N) is 1. The zero-order valence-electron chi connectivity index (χ0n) is 14.8. The molecule has 0 radical (unpaired) electrons. The number of ether oxygens (including phenoxy) is 4. The lowest BCUT2D eigenvalue weighted by Crippen LogP contribution is -2.55. The van der Waals surface area contributed by atoms with Crippen molar-refractivity contribution in [1.82, 2.24) is 4.90 Å². The van der Waals surface area contributed by atoms with Crippen LogP contribution in [0, 0.1) is 0 Å². The first-order valence-electron chi connectivity index (χ1n) is 7.82. The maximum Gasteiger partial charge on any atom is 0.203 e. The second-order valence-corrected chi connectivity index (χ2v) is 6.27. The van der Waals surface area contributed by atoms with E-state index >= 15 is 0 Å². The van der Waals surface area contributed by atoms with Crippen LogP contribution in [0.2, 0.25) is 0 Å². The SMILES string of the molecule is COc1cccc(OC)c1OCC(O)CN1CCOCC1(C)C.Cl. The van der Waals surface area contributed by atoms with Crippen LogP contribution >= 0.6 is 12.4 Å². The summed E-state index contributed by atoms with van der Waals surface area (Å²) in [6.07, 6.45) is -0.609. The monoisotopic (exact) mass is 361 g/mol. The maximum absolute atomic E-state index is 10.3. The molecule has 24 heavy (non-hydrogen) atoms. The van der Waals surface area contributed by atoms with E-state index in [-0.39, 0.29) is 24.6 Å². The molecule has 1 heterocycles. The van der Waals surface area contributed by atoms with Gasteiger partial charge in [0, 0.05) is 18.6 Å². The van der Waals surface area contributed by atoms with Gasteiger partial charge in [-0.25, -0.2) is 0 Å². The number of morpholine rings is 1. The molecule has 0 bridgehead atoms. The van der Waals surface area contributed by atoms with Crippen molar-refractivity contribution in [2.75, 3.05) is 47.1 Å². The Kier molecular flexibility index (Phi) is 8.09. The van der Waals surface area contributed by atoms with Crippen molar-refractivity contribution in [2.24, 2.45) is 0 Å². The fourth-order valence-electron chi connectivity index (χ4n) is 2.68. The van der Waals surface area contributed by atoms with Crippen LogP contribution in [0.4, 0.5) is 0 Å². The van der Waals surface area contributed by atoms with Gasteiger partial charge in [0.2, 0.25) is 5.75 Å². The number of nitrogens with zero attached hydrogens (tertiary/aromatic N) is 1. The molecule has 0 saturated carbocycles. The summed E-state index contributed by atoms with van der Waals surface area (Å²) in [7, 11) is 3.16. The largest absolute Gasteiger partial charge is 0.493 e. The maximum atomic E-state index is 10.3. The smallest absolute Gasteiger partial charge is 0.203 e. The Hall–Kier alpha value is -1.21. The Bertz CT molecular complexity index is 490. The quantitative estimate of drug-likeness (QED) is 0.801. The van der Waals surface area contributed by atoms with Crippen LogP contribution in [-0.4, -0.2) is 68.8 Å². The van der Waals surface area contributed by atoms with E-state index in [4.69, 9.17) is 18.9 Å². The van der Waals surface area contributed by atoms with Crippen LogP contribution < -0.4 is 14.2 Å². The predicted molar refractivity (Wildman–Crippen MR) is 94.8 cm³/mol. The summed E-state index contributed by atoms with van der Waals surface area (Å²) in [5, 5.41) is 10.3. The Morgan fingerprint density at radius 1 is 1.25 bits per heavy atom. The lowest BCUT2D eigenvalue weighted by atomic mass is 10.0. The normalized spacial score (nSPS) is 18.4. The van der Waals surface area contributed by atoms with Gasteiger partial charge in [-0.1, -0.05) is 6.07 Å². The molecule has 1 N–H and O–H groups in total. The van der Waals surface area contributed by atoms with Gasteiger partial charge < -0.3 is 24.1 Å². The highest BCUT2D eigenvalue weighted by molar-refractivity contribution is 5.85. The van der Waals surface area contributed by atoms with Crippen LogP contribution in [0.3, 0.4) is 0 Å². The highest BCUT2D eigenvalue weighted by Crippen LogP contribution is 2.36. The topological polar surface area (TPSA) is 60.4 Å². The molecule has 1 aromatic rings. The van der Waals surface area contributed by atoms with Crippen molar-refractivity contribution in [3.8, 4) is 17.2 Å². The Balaban J connectivity index is 0.00000288. The molecule has 0 aliphatic carbocycles. The number of halogens is 1. The minimum atomic E-state index is -0.609. The first-order chi connectivity index (χ1) is 11.0. The number of rotatable bonds is 7. The van der Waals surface area contributed by atoms with E-state index in [1.165, 1.54) is 0 Å². The zero-order valence-corrected chi connectivity index (χ0v) is 15.6. The molecule has 1 aliphatic rings. The van der Waals surface area contributed by atoms with E-state index in [1.807, 2.05) is 6.07 Å². The average molecular weight is 362 g/mol. The summed E-state index contributed by atoms with van der Waals surface area (Å²) in [4.78, 5) is 2.23. The number of para-hydroxylation sites is 1. The van der Waals surface area contributed by atoms with Gasteiger partial charge in [0.25, 0.3) is 0 Å². The highest BCUT2D eigenvalue weighted by atomic mass is 35.5. The summed E-state index contributed by atoms with van der Waals surface area (Å²) >= 11 is 0. The van der Waals surface area contributed by atoms with E-state index in [0.717, 1.165) is 6.54 Å². The van der Waals surface area contributed by atoms with Gasteiger partial charge in [0.05, 0.1) is 27.4 Å². The van der Waals surface area contributed by atoms with Gasteiger partial charge in [-0.3, -0.25) is 4.90 Å². The van der Waals surface area contributed by atoms with Crippen molar-refractivity contribution in [3.63, 3.8) is 0 Å². The summed E-state index contributed by atoms with van der Waals surface area (Å²) in [6, 6.07) is 5.43. The Morgan fingerprint density at radius 3 is 2.42 bits per heavy atom. The Labute approximate surface area is 150 Å². The molecule has 7 heteroatoms. The second-order valence-electron chi connectivity index (χ2n) is 6.27. The van der Waals surface area contributed by atoms with Gasteiger partial charge in [-0.15, -0.1) is 12.4 Å². The number of aliphatic hydroxyl groups excluding tert-OH is 1. The third-order valence-corrected chi connectivity index (χ3v) is 4.05. The standard InChI is InChI=1S/C17H27NO5.ClH/c1-17(2)12-22-9-8-18(17)10-13(19)11-23-16-14(20-3)6-5-7-15(16)21-4;/h5-7,13,19H,8-12H2,1-4H3;1H. The molecule has 138 valence electrons. The lowest BCUT2D eigenvalue weighted by Gasteiger charge is -2.42. The molecule has 1 aromatic carbocycles. The van der Waals surface area contributed by atoms with Crippen molar-refractivity contribution in [1.29, 1.82) is 0 Å². The summed E-state index contributed by atoms with van der Waals surface area (Å²) in [5.41, 5.74) is -0.0820. The fraction of sp³-hybridized carbons (Fsp3) is 0.647. The number of hydrogen-bond donors (Lipinski definition) is 1. The molecule has 1 unspecified atom stereocenters. The third-order valence-electron chi connectivity index (χ3n) is 4.05. The molecule has 1 atom stereocenters. The van der Waals surface area contributed by atoms with Crippen LogP contribution in [0.25, 0.3) is 0 Å². The first-order valence-corrected chi connectivity index (χ1v) is 7.82. The van der Waals surface area contributed by atoms with Gasteiger partial charge in [0.15, 0.2) is 11.5 Å². The van der Waals surface area contributed by atoms with Gasteiger partial charge in [-0.05, 0) is 26.0 Å². The van der Waals surface area contributed by atoms with Crippen LogP contribution in [-0.2, 0) is 4.74 Å². The Morgan fingerprint density at radius 2 is 1.88 bits per heavy atom. The van der Waals surface area contributed by atoms with E-state index < -0.39 is 6.10 Å². The van der Waals surface area contributed by atoms with Gasteiger partial charge in [-0.2, -0.15) is 0 Å². The van der Waals surface area contributed by atoms with Crippen molar-refractivity contribution >= 4 is 12.4 Å². The molecular weight excluding hydrogens is 334 g/mol. The molecule has 2 rings (SSSR count). The van der Waals surface area contributed by atoms with E-state index in [2.05, 4.69) is 18.7 Å². The first kappa shape index (κ1) is 20.8. The number of methoxy groups -OCH3 is 2. The van der Waals surface area contributed by atoms with Crippen LogP contribution in [0.5, 0.6) is 17.2 Å². The fourth-order valence-corrected chi connectivity index (χ4v) is 2.68. The van der Waals surface area contributed by atoms with E-state index in [0.29, 0.717) is 37.0 Å². The number of benzene rings is 1. The van der Waals surface area contributed by atoms with Crippen LogP contribution in [0.1, 0.15) is 13.8 Å². The minimum absolute atomic E-state index is 0. The molecule has 1 saturated heterocycles. The number of hydrogen-bond acceptors (Lipinski definition) is 6. The minimum Gasteiger partial charge on any atom is -0.493 e. The molecular formula is C17H28ClNO5.